The number of nitrogens with zero attached hydrogens (tertiary/aromatic N) is 2. The number of benzene rings is 1. The average Bonchev–Trinajstić information content (AvgIpc) is 3.37. The second kappa shape index (κ2) is 10.5. The molecule has 0 spiro atoms. The Morgan fingerprint density at radius 3 is 2.36 bits per heavy atom. The first-order chi connectivity index (χ1) is 16.0. The molecule has 2 amide bonds. The topological polar surface area (TPSA) is 79.4 Å². The van der Waals surface area contributed by atoms with Gasteiger partial charge in [0.2, 0.25) is 5.91 Å². The van der Waals surface area contributed by atoms with Gasteiger partial charge in [-0.25, -0.2) is 0 Å². The maximum atomic E-state index is 13.7. The molecule has 0 bridgehead atoms. The van der Waals surface area contributed by atoms with Crippen LogP contribution in [0.2, 0.25) is 0 Å². The highest BCUT2D eigenvalue weighted by Gasteiger charge is 2.35. The summed E-state index contributed by atoms with van der Waals surface area (Å²) in [5.74, 6) is -0.637. The predicted octanol–water partition coefficient (Wildman–Crippen LogP) is 5.18. The summed E-state index contributed by atoms with van der Waals surface area (Å²) < 4.78 is 0. The van der Waals surface area contributed by atoms with Crippen molar-refractivity contribution in [2.24, 2.45) is 0 Å². The van der Waals surface area contributed by atoms with E-state index in [-0.39, 0.29) is 29.3 Å². The second-order valence-corrected chi connectivity index (χ2v) is 9.23. The number of pyridine rings is 1. The van der Waals surface area contributed by atoms with E-state index >= 15 is 0 Å². The molecule has 3 aromatic rings. The monoisotopic (exact) mass is 461 g/mol. The van der Waals surface area contributed by atoms with Gasteiger partial charge in [0.1, 0.15) is 5.69 Å². The summed E-state index contributed by atoms with van der Waals surface area (Å²) in [7, 11) is 0. The van der Waals surface area contributed by atoms with Crippen molar-refractivity contribution < 1.29 is 14.4 Å². The number of rotatable bonds is 7. The molecule has 2 heterocycles. The fourth-order valence-electron chi connectivity index (χ4n) is 4.20. The van der Waals surface area contributed by atoms with Crippen molar-refractivity contribution >= 4 is 34.6 Å². The molecule has 0 saturated heterocycles. The number of anilines is 1. The molecule has 1 aromatic carbocycles. The molecule has 6 nitrogen and oxygen atoms in total. The van der Waals surface area contributed by atoms with Crippen LogP contribution in [-0.2, 0) is 4.79 Å². The van der Waals surface area contributed by atoms with Gasteiger partial charge in [0, 0.05) is 28.4 Å². The predicted molar refractivity (Wildman–Crippen MR) is 130 cm³/mol. The first-order valence-corrected chi connectivity index (χ1v) is 12.1. The molecule has 0 radical (unpaired) electrons. The zero-order chi connectivity index (χ0) is 23.2. The van der Waals surface area contributed by atoms with Gasteiger partial charge in [0.05, 0.1) is 0 Å². The largest absolute Gasteiger partial charge is 0.351 e. The molecule has 1 aliphatic rings. The molecule has 7 heteroatoms. The van der Waals surface area contributed by atoms with Crippen molar-refractivity contribution in [2.45, 2.75) is 51.1 Å². The van der Waals surface area contributed by atoms with E-state index in [1.165, 1.54) is 29.6 Å². The van der Waals surface area contributed by atoms with E-state index in [0.717, 1.165) is 30.6 Å². The number of aromatic nitrogens is 1. The van der Waals surface area contributed by atoms with Crippen LogP contribution in [0.5, 0.6) is 0 Å². The molecule has 33 heavy (non-hydrogen) atoms. The minimum absolute atomic E-state index is 0.0611. The fourth-order valence-corrected chi connectivity index (χ4v) is 5.01. The first kappa shape index (κ1) is 22.9. The normalized spacial score (nSPS) is 14.9. The van der Waals surface area contributed by atoms with Gasteiger partial charge in [-0.05, 0) is 67.6 Å². The average molecular weight is 462 g/mol. The van der Waals surface area contributed by atoms with Gasteiger partial charge in [0.15, 0.2) is 11.8 Å². The molecule has 0 aliphatic heterocycles. The van der Waals surface area contributed by atoms with Gasteiger partial charge in [-0.2, -0.15) is 0 Å². The summed E-state index contributed by atoms with van der Waals surface area (Å²) in [4.78, 5) is 45.7. The Morgan fingerprint density at radius 2 is 1.76 bits per heavy atom. The summed E-state index contributed by atoms with van der Waals surface area (Å²) >= 11 is 1.44. The molecular formula is C26H27N3O3S. The van der Waals surface area contributed by atoms with Gasteiger partial charge in [-0.1, -0.05) is 31.4 Å². The van der Waals surface area contributed by atoms with Gasteiger partial charge < -0.3 is 5.32 Å². The lowest BCUT2D eigenvalue weighted by Crippen LogP contribution is -2.47. The van der Waals surface area contributed by atoms with Crippen molar-refractivity contribution in [1.29, 1.82) is 0 Å². The number of carbonyl (C=O) groups is 3. The summed E-state index contributed by atoms with van der Waals surface area (Å²) in [5.41, 5.74) is 1.33. The minimum Gasteiger partial charge on any atom is -0.351 e. The number of hydrogen-bond donors (Lipinski definition) is 1. The van der Waals surface area contributed by atoms with Crippen molar-refractivity contribution in [3.8, 4) is 0 Å². The van der Waals surface area contributed by atoms with E-state index in [1.807, 2.05) is 17.5 Å². The molecule has 1 saturated carbocycles. The van der Waals surface area contributed by atoms with E-state index < -0.39 is 6.04 Å². The van der Waals surface area contributed by atoms with Crippen LogP contribution in [0.4, 0.5) is 5.69 Å². The van der Waals surface area contributed by atoms with Crippen LogP contribution < -0.4 is 10.2 Å². The van der Waals surface area contributed by atoms with E-state index in [2.05, 4.69) is 10.3 Å². The zero-order valence-electron chi connectivity index (χ0n) is 18.6. The Bertz CT molecular complexity index is 1090. The molecule has 4 rings (SSSR count). The van der Waals surface area contributed by atoms with Gasteiger partial charge in [-0.3, -0.25) is 24.3 Å². The highest BCUT2D eigenvalue weighted by molar-refractivity contribution is 7.10. The molecule has 1 N–H and O–H groups in total. The fraction of sp³-hybridized carbons (Fsp3) is 0.308. The minimum atomic E-state index is -0.843. The lowest BCUT2D eigenvalue weighted by atomic mass is 9.95. The Hall–Kier alpha value is -3.32. The van der Waals surface area contributed by atoms with Crippen LogP contribution >= 0.6 is 11.3 Å². The summed E-state index contributed by atoms with van der Waals surface area (Å²) in [6.45, 7) is 1.50. The first-order valence-electron chi connectivity index (χ1n) is 11.2. The molecule has 2 aromatic heterocycles. The van der Waals surface area contributed by atoms with Crippen LogP contribution in [-0.4, -0.2) is 28.6 Å². The molecule has 170 valence electrons. The number of amides is 2. The van der Waals surface area contributed by atoms with E-state index in [0.29, 0.717) is 11.3 Å². The zero-order valence-corrected chi connectivity index (χ0v) is 19.4. The highest BCUT2D eigenvalue weighted by atomic mass is 32.1. The quantitative estimate of drug-likeness (QED) is 0.492. The third-order valence-electron chi connectivity index (χ3n) is 5.93. The van der Waals surface area contributed by atoms with Crippen LogP contribution in [0.15, 0.2) is 66.2 Å². The summed E-state index contributed by atoms with van der Waals surface area (Å²) in [6, 6.07) is 14.9. The molecule has 1 aliphatic carbocycles. The third kappa shape index (κ3) is 5.37. The maximum Gasteiger partial charge on any atom is 0.277 e. The SMILES string of the molecule is CC(=O)c1ccc(N(C(=O)c2ccccn2)[C@@H](C(=O)NC2CCCCC2)c2cccs2)cc1. The van der Waals surface area contributed by atoms with Gasteiger partial charge >= 0.3 is 0 Å². The van der Waals surface area contributed by atoms with Gasteiger partial charge in [-0.15, -0.1) is 11.3 Å². The number of hydrogen-bond acceptors (Lipinski definition) is 5. The lowest BCUT2D eigenvalue weighted by molar-refractivity contribution is -0.123. The second-order valence-electron chi connectivity index (χ2n) is 8.25. The van der Waals surface area contributed by atoms with Crippen LogP contribution in [0, 0.1) is 0 Å². The number of nitrogens with one attached hydrogen (secondary N) is 1. The van der Waals surface area contributed by atoms with E-state index in [4.69, 9.17) is 0 Å². The highest BCUT2D eigenvalue weighted by Crippen LogP contribution is 2.33. The molecular weight excluding hydrogens is 434 g/mol. The number of carbonyl (C=O) groups excluding carboxylic acids is 3. The van der Waals surface area contributed by atoms with Crippen molar-refractivity contribution in [3.63, 3.8) is 0 Å². The third-order valence-corrected chi connectivity index (χ3v) is 6.85. The number of Topliss-reactive ketones (excluding diaryl/α,β-unsaturated/α-hetero) is 1. The smallest absolute Gasteiger partial charge is 0.277 e. The summed E-state index contributed by atoms with van der Waals surface area (Å²) in [6.07, 6.45) is 6.84. The lowest BCUT2D eigenvalue weighted by Gasteiger charge is -2.32. The molecule has 1 atom stereocenters. The Balaban J connectivity index is 1.76. The molecule has 1 fully saturated rings. The number of thiophene rings is 1. The Morgan fingerprint density at radius 1 is 1.00 bits per heavy atom. The van der Waals surface area contributed by atoms with Crippen molar-refractivity contribution in [3.05, 3.63) is 82.3 Å². The van der Waals surface area contributed by atoms with E-state index in [1.54, 1.807) is 48.7 Å². The van der Waals surface area contributed by atoms with Gasteiger partial charge in [0.25, 0.3) is 5.91 Å². The number of ketones is 1. The van der Waals surface area contributed by atoms with Crippen LogP contribution in [0.25, 0.3) is 0 Å². The van der Waals surface area contributed by atoms with Crippen molar-refractivity contribution in [1.82, 2.24) is 10.3 Å². The Labute approximate surface area is 197 Å². The van der Waals surface area contributed by atoms with Crippen molar-refractivity contribution in [2.75, 3.05) is 4.90 Å². The maximum absolute atomic E-state index is 13.7. The Kier molecular flexibility index (Phi) is 7.29. The van der Waals surface area contributed by atoms with Crippen LogP contribution in [0.3, 0.4) is 0 Å². The molecule has 0 unspecified atom stereocenters. The van der Waals surface area contributed by atoms with E-state index in [9.17, 15) is 14.4 Å². The summed E-state index contributed by atoms with van der Waals surface area (Å²) in [5, 5.41) is 5.09. The standard InChI is InChI=1S/C26H27N3O3S/c1-18(30)19-12-14-21(15-13-19)29(26(32)22-10-5-6-16-27-22)24(23-11-7-17-33-23)25(31)28-20-8-3-2-4-9-20/h5-7,10-17,20,24H,2-4,8-9H2,1H3,(H,28,31)/t24-/m1/s1. The van der Waals surface area contributed by atoms with Crippen LogP contribution in [0.1, 0.15) is 70.8 Å².